The molecule has 0 radical (unpaired) electrons. The Morgan fingerprint density at radius 2 is 1.64 bits per heavy atom. The molecule has 2 aromatic heterocycles. The Bertz CT molecular complexity index is 1650. The number of hydrogen-bond acceptors (Lipinski definition) is 4. The summed E-state index contributed by atoms with van der Waals surface area (Å²) in [4.78, 5) is 6.75. The first kappa shape index (κ1) is 23.3. The molecule has 0 atom stereocenters. The Labute approximate surface area is 221 Å². The second kappa shape index (κ2) is 9.08. The van der Waals surface area contributed by atoms with Crippen LogP contribution >= 0.6 is 11.3 Å². The minimum absolute atomic E-state index is 0.0627. The number of alkyl halides is 3. The molecule has 6 rings (SSSR count). The molecule has 0 amide bonds. The van der Waals surface area contributed by atoms with E-state index in [9.17, 15) is 18.4 Å². The van der Waals surface area contributed by atoms with Crippen LogP contribution in [0.4, 0.5) is 29.1 Å². The summed E-state index contributed by atoms with van der Waals surface area (Å²) in [6, 6.07) is 26.7. The molecule has 0 unspecified atom stereocenters. The SMILES string of the molecule is N#C/C(=C\c1ccc(N2c3ccccc3[Se]c3ccccc32)[se]1)c1nc2ccc(C(F)(F)F)cc2s1. The van der Waals surface area contributed by atoms with Crippen molar-refractivity contribution in [3.05, 3.63) is 93.9 Å². The fourth-order valence-electron chi connectivity index (χ4n) is 3.98. The van der Waals surface area contributed by atoms with Crippen LogP contribution in [0.15, 0.2) is 78.9 Å². The van der Waals surface area contributed by atoms with E-state index in [4.69, 9.17) is 0 Å². The van der Waals surface area contributed by atoms with Crippen molar-refractivity contribution in [2.45, 2.75) is 6.18 Å². The van der Waals surface area contributed by atoms with Gasteiger partial charge in [-0.2, -0.15) is 0 Å². The predicted octanol–water partition coefficient (Wildman–Crippen LogP) is 5.87. The molecule has 0 spiro atoms. The van der Waals surface area contributed by atoms with Gasteiger partial charge in [0.2, 0.25) is 0 Å². The van der Waals surface area contributed by atoms with E-state index in [1.807, 2.05) is 12.1 Å². The van der Waals surface area contributed by atoms with E-state index in [1.165, 1.54) is 30.9 Å². The standard InChI is InChI=1S/C27H14F3N3SSe2/c28-27(29,30)17-9-11-19-22(14-17)34-26(32-19)16(15-31)13-18-10-12-25(35-18)33-20-5-1-3-7-23(20)36-24-8-4-2-6-21(24)33/h1-14H/b16-13+. The second-order valence-corrected chi connectivity index (χ2v) is 13.5. The molecule has 0 saturated carbocycles. The molecule has 0 aliphatic carbocycles. The summed E-state index contributed by atoms with van der Waals surface area (Å²) < 4.78 is 44.5. The summed E-state index contributed by atoms with van der Waals surface area (Å²) in [6.07, 6.45) is -2.60. The molecule has 0 bridgehead atoms. The van der Waals surface area contributed by atoms with Crippen LogP contribution in [0, 0.1) is 11.3 Å². The van der Waals surface area contributed by atoms with Crippen LogP contribution in [0.25, 0.3) is 21.9 Å². The normalized spacial score (nSPS) is 13.4. The van der Waals surface area contributed by atoms with Crippen molar-refractivity contribution >= 4 is 87.5 Å². The Kier molecular flexibility index (Phi) is 5.88. The second-order valence-electron chi connectivity index (χ2n) is 7.92. The van der Waals surface area contributed by atoms with Crippen LogP contribution in [-0.4, -0.2) is 34.4 Å². The number of hydrogen-bond donors (Lipinski definition) is 0. The third-order valence-electron chi connectivity index (χ3n) is 5.62. The van der Waals surface area contributed by atoms with Gasteiger partial charge in [-0.1, -0.05) is 0 Å². The van der Waals surface area contributed by atoms with Crippen molar-refractivity contribution in [3.8, 4) is 6.07 Å². The fourth-order valence-corrected chi connectivity index (χ4v) is 9.23. The van der Waals surface area contributed by atoms with E-state index in [0.29, 0.717) is 20.8 Å². The third-order valence-corrected chi connectivity index (χ3v) is 11.2. The molecule has 3 heterocycles. The molecule has 1 aliphatic heterocycles. The van der Waals surface area contributed by atoms with E-state index in [0.717, 1.165) is 27.9 Å². The maximum absolute atomic E-state index is 13.1. The average molecular weight is 627 g/mol. The Hall–Kier alpha value is -3.11. The van der Waals surface area contributed by atoms with Gasteiger partial charge in [0.1, 0.15) is 0 Å². The Balaban J connectivity index is 1.38. The van der Waals surface area contributed by atoms with Gasteiger partial charge in [0, 0.05) is 0 Å². The third kappa shape index (κ3) is 4.22. The fraction of sp³-hybridized carbons (Fsp3) is 0.0370. The molecule has 9 heteroatoms. The molecule has 0 N–H and O–H groups in total. The number of nitriles is 1. The summed E-state index contributed by atoms with van der Waals surface area (Å²) in [5.74, 6) is 0. The van der Waals surface area contributed by atoms with Crippen LogP contribution in [0.2, 0.25) is 0 Å². The molecular weight excluding hydrogens is 613 g/mol. The zero-order chi connectivity index (χ0) is 24.9. The van der Waals surface area contributed by atoms with Gasteiger partial charge in [0.25, 0.3) is 0 Å². The van der Waals surface area contributed by atoms with Crippen molar-refractivity contribution in [1.82, 2.24) is 4.98 Å². The molecular formula is C27H14F3N3SSe2. The first-order chi connectivity index (χ1) is 17.4. The van der Waals surface area contributed by atoms with E-state index >= 15 is 0 Å². The quantitative estimate of drug-likeness (QED) is 0.182. The maximum atomic E-state index is 13.1. The van der Waals surface area contributed by atoms with Crippen LogP contribution in [-0.2, 0) is 6.18 Å². The van der Waals surface area contributed by atoms with Gasteiger partial charge < -0.3 is 0 Å². The van der Waals surface area contributed by atoms with Gasteiger partial charge in [-0.25, -0.2) is 0 Å². The zero-order valence-electron chi connectivity index (χ0n) is 18.3. The van der Waals surface area contributed by atoms with Crippen LogP contribution in [0.1, 0.15) is 15.0 Å². The van der Waals surface area contributed by atoms with Crippen LogP contribution < -0.4 is 13.8 Å². The summed E-state index contributed by atoms with van der Waals surface area (Å²) >= 11 is 1.28. The molecule has 1 aliphatic rings. The number of nitrogens with zero attached hydrogens (tertiary/aromatic N) is 3. The topological polar surface area (TPSA) is 39.9 Å². The average Bonchev–Trinajstić information content (AvgIpc) is 3.51. The number of aromatic nitrogens is 1. The van der Waals surface area contributed by atoms with Crippen molar-refractivity contribution < 1.29 is 13.2 Å². The molecule has 36 heavy (non-hydrogen) atoms. The van der Waals surface area contributed by atoms with Gasteiger partial charge in [-0.05, 0) is 0 Å². The summed E-state index contributed by atoms with van der Waals surface area (Å²) in [5.41, 5.74) is 2.48. The molecule has 0 fully saturated rings. The number of allylic oxidation sites excluding steroid dienone is 1. The van der Waals surface area contributed by atoms with Crippen molar-refractivity contribution in [1.29, 1.82) is 5.26 Å². The number of benzene rings is 3. The van der Waals surface area contributed by atoms with Gasteiger partial charge >= 0.3 is 222 Å². The van der Waals surface area contributed by atoms with Gasteiger partial charge in [-0.3, -0.25) is 0 Å². The zero-order valence-corrected chi connectivity index (χ0v) is 22.5. The number of fused-ring (bicyclic) bond motifs is 3. The van der Waals surface area contributed by atoms with E-state index < -0.39 is 11.7 Å². The Morgan fingerprint density at radius 1 is 0.944 bits per heavy atom. The van der Waals surface area contributed by atoms with Crippen LogP contribution in [0.5, 0.6) is 0 Å². The number of halogens is 3. The van der Waals surface area contributed by atoms with E-state index in [-0.39, 0.29) is 29.5 Å². The number of para-hydroxylation sites is 2. The van der Waals surface area contributed by atoms with Crippen molar-refractivity contribution in [2.24, 2.45) is 0 Å². The number of rotatable bonds is 3. The molecule has 0 saturated heterocycles. The Morgan fingerprint density at radius 3 is 2.31 bits per heavy atom. The van der Waals surface area contributed by atoms with Crippen LogP contribution in [0.3, 0.4) is 0 Å². The molecule has 3 nitrogen and oxygen atoms in total. The number of anilines is 3. The molecule has 5 aromatic rings. The monoisotopic (exact) mass is 629 g/mol. The predicted molar refractivity (Wildman–Crippen MR) is 141 cm³/mol. The van der Waals surface area contributed by atoms with Crippen molar-refractivity contribution in [2.75, 3.05) is 4.90 Å². The van der Waals surface area contributed by atoms with Gasteiger partial charge in [-0.15, -0.1) is 0 Å². The molecule has 3 aromatic carbocycles. The van der Waals surface area contributed by atoms with Gasteiger partial charge in [0.05, 0.1) is 0 Å². The summed E-state index contributed by atoms with van der Waals surface area (Å²) in [7, 11) is 0. The van der Waals surface area contributed by atoms with E-state index in [2.05, 4.69) is 70.6 Å². The minimum atomic E-state index is -4.42. The molecule has 176 valence electrons. The first-order valence-electron chi connectivity index (χ1n) is 10.8. The van der Waals surface area contributed by atoms with E-state index in [1.54, 1.807) is 0 Å². The summed E-state index contributed by atoms with van der Waals surface area (Å²) in [5, 5.41) is 10.3. The number of thiazole rings is 1. The summed E-state index contributed by atoms with van der Waals surface area (Å²) in [6.45, 7) is 0. The first-order valence-corrected chi connectivity index (χ1v) is 15.0. The van der Waals surface area contributed by atoms with Crippen molar-refractivity contribution in [3.63, 3.8) is 0 Å². The van der Waals surface area contributed by atoms with Gasteiger partial charge in [0.15, 0.2) is 0 Å².